The van der Waals surface area contributed by atoms with Crippen molar-refractivity contribution in [3.05, 3.63) is 69.2 Å². The third-order valence-electron chi connectivity index (χ3n) is 3.45. The Bertz CT molecular complexity index is 591. The second-order valence-electron chi connectivity index (χ2n) is 4.92. The number of nitrogens with two attached hydrogens (primary N) is 1. The average Bonchev–Trinajstić information content (AvgIpc) is 2.50. The summed E-state index contributed by atoms with van der Waals surface area (Å²) in [6.45, 7) is 2.51. The van der Waals surface area contributed by atoms with Crippen LogP contribution in [0, 0.1) is 0 Å². The van der Waals surface area contributed by atoms with Crippen molar-refractivity contribution in [2.75, 3.05) is 0 Å². The van der Waals surface area contributed by atoms with Crippen LogP contribution in [0.15, 0.2) is 53.0 Å². The molecule has 0 saturated heterocycles. The maximum Gasteiger partial charge on any atom is 0.0991 e. The molecule has 0 spiro atoms. The first-order chi connectivity index (χ1) is 10.1. The maximum atomic E-state index is 6.24. The summed E-state index contributed by atoms with van der Waals surface area (Å²) in [7, 11) is 0. The summed E-state index contributed by atoms with van der Waals surface area (Å²) in [5.41, 5.74) is 8.28. The number of hydrogen-bond acceptors (Lipinski definition) is 2. The van der Waals surface area contributed by atoms with E-state index < -0.39 is 0 Å². The van der Waals surface area contributed by atoms with Gasteiger partial charge in [-0.3, -0.25) is 0 Å². The summed E-state index contributed by atoms with van der Waals surface area (Å²) in [6, 6.07) is 15.7. The molecule has 2 unspecified atom stereocenters. The average molecular weight is 369 g/mol. The van der Waals surface area contributed by atoms with Crippen molar-refractivity contribution in [2.45, 2.75) is 32.1 Å². The summed E-state index contributed by atoms with van der Waals surface area (Å²) >= 11 is 9.75. The Kier molecular flexibility index (Phi) is 6.24. The molecular weight excluding hydrogens is 350 g/mol. The van der Waals surface area contributed by atoms with Crippen LogP contribution >= 0.6 is 27.5 Å². The molecule has 2 aromatic rings. The lowest BCUT2D eigenvalue weighted by Gasteiger charge is -2.25. The number of hydrogen-bond donors (Lipinski definition) is 1. The molecule has 2 atom stereocenters. The van der Waals surface area contributed by atoms with Crippen LogP contribution in [0.1, 0.15) is 30.6 Å². The van der Waals surface area contributed by atoms with Gasteiger partial charge >= 0.3 is 0 Å². The van der Waals surface area contributed by atoms with Crippen LogP contribution in [0.3, 0.4) is 0 Å². The topological polar surface area (TPSA) is 35.2 Å². The van der Waals surface area contributed by atoms with Crippen molar-refractivity contribution < 1.29 is 4.74 Å². The Morgan fingerprint density at radius 1 is 1.14 bits per heavy atom. The Morgan fingerprint density at radius 2 is 1.81 bits per heavy atom. The molecule has 0 fully saturated rings. The van der Waals surface area contributed by atoms with Gasteiger partial charge in [-0.15, -0.1) is 0 Å². The zero-order valence-electron chi connectivity index (χ0n) is 11.9. The molecule has 2 rings (SSSR count). The third-order valence-corrected chi connectivity index (χ3v) is 4.54. The fourth-order valence-electron chi connectivity index (χ4n) is 2.16. The van der Waals surface area contributed by atoms with Crippen LogP contribution in [0.5, 0.6) is 0 Å². The molecule has 0 bridgehead atoms. The standard InChI is InChI=1S/C17H19BrClNO/c1-2-16(20)17(13-8-4-5-9-14(13)18)21-11-12-7-3-6-10-15(12)19/h3-10,16-17H,2,11,20H2,1H3. The van der Waals surface area contributed by atoms with E-state index >= 15 is 0 Å². The number of rotatable bonds is 6. The summed E-state index contributed by atoms with van der Waals surface area (Å²) in [5.74, 6) is 0. The van der Waals surface area contributed by atoms with Gasteiger partial charge in [-0.25, -0.2) is 0 Å². The van der Waals surface area contributed by atoms with Gasteiger partial charge < -0.3 is 10.5 Å². The van der Waals surface area contributed by atoms with Gasteiger partial charge in [-0.05, 0) is 29.7 Å². The molecule has 2 nitrogen and oxygen atoms in total. The van der Waals surface area contributed by atoms with Gasteiger partial charge in [0.25, 0.3) is 0 Å². The van der Waals surface area contributed by atoms with E-state index in [1.54, 1.807) is 0 Å². The highest BCUT2D eigenvalue weighted by molar-refractivity contribution is 9.10. The van der Waals surface area contributed by atoms with E-state index in [1.165, 1.54) is 0 Å². The molecule has 4 heteroatoms. The molecule has 0 amide bonds. The zero-order chi connectivity index (χ0) is 15.2. The van der Waals surface area contributed by atoms with E-state index in [9.17, 15) is 0 Å². The highest BCUT2D eigenvalue weighted by Crippen LogP contribution is 2.30. The highest BCUT2D eigenvalue weighted by atomic mass is 79.9. The van der Waals surface area contributed by atoms with Gasteiger partial charge in [0.15, 0.2) is 0 Å². The van der Waals surface area contributed by atoms with Crippen LogP contribution in [-0.2, 0) is 11.3 Å². The predicted octanol–water partition coefficient (Wildman–Crippen LogP) is 5.10. The van der Waals surface area contributed by atoms with Gasteiger partial charge in [-0.1, -0.05) is 70.9 Å². The zero-order valence-corrected chi connectivity index (χ0v) is 14.3. The molecule has 0 aromatic heterocycles. The van der Waals surface area contributed by atoms with Crippen LogP contribution in [-0.4, -0.2) is 6.04 Å². The number of halogens is 2. The van der Waals surface area contributed by atoms with Crippen molar-refractivity contribution in [1.82, 2.24) is 0 Å². The van der Waals surface area contributed by atoms with Crippen molar-refractivity contribution in [1.29, 1.82) is 0 Å². The van der Waals surface area contributed by atoms with E-state index in [1.807, 2.05) is 48.5 Å². The molecule has 0 aliphatic carbocycles. The Hall–Kier alpha value is -0.870. The molecule has 0 saturated carbocycles. The molecule has 0 radical (unpaired) electrons. The third kappa shape index (κ3) is 4.30. The first-order valence-corrected chi connectivity index (χ1v) is 8.15. The maximum absolute atomic E-state index is 6.24. The van der Waals surface area contributed by atoms with Crippen LogP contribution in [0.4, 0.5) is 0 Å². The minimum absolute atomic E-state index is 0.0637. The quantitative estimate of drug-likeness (QED) is 0.770. The van der Waals surface area contributed by atoms with Gasteiger partial charge in [0.05, 0.1) is 12.7 Å². The van der Waals surface area contributed by atoms with Crippen molar-refractivity contribution >= 4 is 27.5 Å². The normalized spacial score (nSPS) is 13.9. The van der Waals surface area contributed by atoms with E-state index in [0.717, 1.165) is 22.0 Å². The van der Waals surface area contributed by atoms with Crippen LogP contribution < -0.4 is 5.73 Å². The summed E-state index contributed by atoms with van der Waals surface area (Å²) in [5, 5.41) is 0.716. The van der Waals surface area contributed by atoms with Crippen molar-refractivity contribution in [2.24, 2.45) is 5.73 Å². The van der Waals surface area contributed by atoms with Gasteiger partial charge in [0, 0.05) is 15.5 Å². The van der Waals surface area contributed by atoms with Crippen molar-refractivity contribution in [3.63, 3.8) is 0 Å². The molecular formula is C17H19BrClNO. The minimum atomic E-state index is -0.165. The lowest BCUT2D eigenvalue weighted by Crippen LogP contribution is -2.29. The SMILES string of the molecule is CCC(N)C(OCc1ccccc1Cl)c1ccccc1Br. The molecule has 0 aliphatic rings. The van der Waals surface area contributed by atoms with Gasteiger partial charge in [0.1, 0.15) is 0 Å². The van der Waals surface area contributed by atoms with Gasteiger partial charge in [-0.2, -0.15) is 0 Å². The second kappa shape index (κ2) is 7.95. The van der Waals surface area contributed by atoms with Crippen LogP contribution in [0.2, 0.25) is 5.02 Å². The molecule has 112 valence electrons. The summed E-state index contributed by atoms with van der Waals surface area (Å²) in [6.07, 6.45) is 0.677. The van der Waals surface area contributed by atoms with Gasteiger partial charge in [0.2, 0.25) is 0 Å². The molecule has 2 aromatic carbocycles. The first-order valence-electron chi connectivity index (χ1n) is 6.98. The van der Waals surface area contributed by atoms with Crippen LogP contribution in [0.25, 0.3) is 0 Å². The molecule has 0 aliphatic heterocycles. The molecule has 2 N–H and O–H groups in total. The first kappa shape index (κ1) is 16.5. The fraction of sp³-hybridized carbons (Fsp3) is 0.294. The minimum Gasteiger partial charge on any atom is -0.367 e. The lowest BCUT2D eigenvalue weighted by atomic mass is 10.0. The van der Waals surface area contributed by atoms with Crippen molar-refractivity contribution in [3.8, 4) is 0 Å². The Morgan fingerprint density at radius 3 is 2.48 bits per heavy atom. The molecule has 0 heterocycles. The largest absolute Gasteiger partial charge is 0.367 e. The lowest BCUT2D eigenvalue weighted by molar-refractivity contribution is 0.0208. The molecule has 21 heavy (non-hydrogen) atoms. The van der Waals surface area contributed by atoms with E-state index in [2.05, 4.69) is 22.9 Å². The summed E-state index contributed by atoms with van der Waals surface area (Å²) in [4.78, 5) is 0. The van der Waals surface area contributed by atoms with E-state index in [4.69, 9.17) is 22.1 Å². The fourth-order valence-corrected chi connectivity index (χ4v) is 2.86. The highest BCUT2D eigenvalue weighted by Gasteiger charge is 2.21. The summed E-state index contributed by atoms with van der Waals surface area (Å²) < 4.78 is 7.10. The van der Waals surface area contributed by atoms with E-state index in [0.29, 0.717) is 11.6 Å². The number of ether oxygens (including phenoxy) is 1. The predicted molar refractivity (Wildman–Crippen MR) is 91.4 cm³/mol. The van der Waals surface area contributed by atoms with E-state index in [-0.39, 0.29) is 12.1 Å². The Balaban J connectivity index is 2.18. The number of benzene rings is 2. The second-order valence-corrected chi connectivity index (χ2v) is 6.18. The Labute approximate surface area is 139 Å². The smallest absolute Gasteiger partial charge is 0.0991 e. The monoisotopic (exact) mass is 367 g/mol.